The quantitative estimate of drug-likeness (QED) is 0.850. The number of nitriles is 1. The number of carbonyl (C=O) groups is 1. The van der Waals surface area contributed by atoms with Crippen molar-refractivity contribution in [1.29, 1.82) is 5.26 Å². The summed E-state index contributed by atoms with van der Waals surface area (Å²) in [6.45, 7) is 0. The van der Waals surface area contributed by atoms with Crippen molar-refractivity contribution < 1.29 is 14.3 Å². The van der Waals surface area contributed by atoms with Gasteiger partial charge in [-0.2, -0.15) is 5.26 Å². The highest BCUT2D eigenvalue weighted by Crippen LogP contribution is 2.20. The van der Waals surface area contributed by atoms with Crippen molar-refractivity contribution in [2.24, 2.45) is 0 Å². The first-order valence-electron chi connectivity index (χ1n) is 4.60. The number of nitrogens with zero attached hydrogens (tertiary/aromatic N) is 3. The van der Waals surface area contributed by atoms with E-state index in [0.717, 1.165) is 10.6 Å². The predicted octanol–water partition coefficient (Wildman–Crippen LogP) is 1.58. The summed E-state index contributed by atoms with van der Waals surface area (Å²) in [5.74, 6) is -2.06. The van der Waals surface area contributed by atoms with Crippen molar-refractivity contribution in [3.05, 3.63) is 47.8 Å². The molecule has 17 heavy (non-hydrogen) atoms. The molecule has 0 aliphatic rings. The van der Waals surface area contributed by atoms with Crippen molar-refractivity contribution in [2.75, 3.05) is 0 Å². The number of halogens is 1. The first kappa shape index (κ1) is 10.8. The zero-order valence-electron chi connectivity index (χ0n) is 8.46. The number of aromatic carboxylic acids is 1. The maximum Gasteiger partial charge on any atom is 0.337 e. The smallest absolute Gasteiger partial charge is 0.337 e. The van der Waals surface area contributed by atoms with Gasteiger partial charge in [0.1, 0.15) is 11.9 Å². The fourth-order valence-corrected chi connectivity index (χ4v) is 1.50. The summed E-state index contributed by atoms with van der Waals surface area (Å²) in [6.07, 6.45) is 2.64. The van der Waals surface area contributed by atoms with Crippen LogP contribution in [0.3, 0.4) is 0 Å². The fraction of sp³-hybridized carbons (Fsp3) is 0. The third kappa shape index (κ3) is 1.74. The highest BCUT2D eigenvalue weighted by Gasteiger charge is 2.17. The summed E-state index contributed by atoms with van der Waals surface area (Å²) in [7, 11) is 0. The van der Waals surface area contributed by atoms with E-state index in [2.05, 4.69) is 4.98 Å². The number of carboxylic acids is 1. The van der Waals surface area contributed by atoms with Crippen LogP contribution in [0.25, 0.3) is 5.69 Å². The molecule has 0 aliphatic carbocycles. The van der Waals surface area contributed by atoms with Crippen LogP contribution in [0.1, 0.15) is 16.2 Å². The Balaban J connectivity index is 2.75. The third-order valence-corrected chi connectivity index (χ3v) is 2.20. The van der Waals surface area contributed by atoms with Crippen molar-refractivity contribution in [3.63, 3.8) is 0 Å². The van der Waals surface area contributed by atoms with E-state index in [1.807, 2.05) is 0 Å². The highest BCUT2D eigenvalue weighted by molar-refractivity contribution is 5.92. The Morgan fingerprint density at radius 1 is 1.53 bits per heavy atom. The Morgan fingerprint density at radius 2 is 2.29 bits per heavy atom. The Labute approximate surface area is 95.4 Å². The molecule has 2 rings (SSSR count). The van der Waals surface area contributed by atoms with Gasteiger partial charge in [-0.25, -0.2) is 14.2 Å². The number of hydrogen-bond acceptors (Lipinski definition) is 3. The summed E-state index contributed by atoms with van der Waals surface area (Å²) >= 11 is 0. The zero-order valence-corrected chi connectivity index (χ0v) is 8.46. The van der Waals surface area contributed by atoms with E-state index in [1.54, 1.807) is 6.07 Å². The molecule has 0 atom stereocenters. The molecule has 5 nitrogen and oxygen atoms in total. The van der Waals surface area contributed by atoms with Crippen LogP contribution in [0.4, 0.5) is 4.39 Å². The van der Waals surface area contributed by atoms with Crippen LogP contribution in [-0.4, -0.2) is 20.6 Å². The monoisotopic (exact) mass is 231 g/mol. The molecule has 0 spiro atoms. The lowest BCUT2D eigenvalue weighted by atomic mass is 10.1. The van der Waals surface area contributed by atoms with Crippen LogP contribution in [0.5, 0.6) is 0 Å². The van der Waals surface area contributed by atoms with Crippen molar-refractivity contribution in [3.8, 4) is 11.8 Å². The number of hydrogen-bond donors (Lipinski definition) is 1. The van der Waals surface area contributed by atoms with E-state index < -0.39 is 11.8 Å². The molecular weight excluding hydrogens is 225 g/mol. The summed E-state index contributed by atoms with van der Waals surface area (Å²) in [5, 5.41) is 17.8. The minimum Gasteiger partial charge on any atom is -0.478 e. The van der Waals surface area contributed by atoms with E-state index in [9.17, 15) is 9.18 Å². The van der Waals surface area contributed by atoms with E-state index in [-0.39, 0.29) is 17.1 Å². The molecule has 0 unspecified atom stereocenters. The number of aromatic nitrogens is 2. The Hall–Kier alpha value is -2.68. The van der Waals surface area contributed by atoms with Crippen LogP contribution in [0.2, 0.25) is 0 Å². The van der Waals surface area contributed by atoms with Gasteiger partial charge in [-0.15, -0.1) is 0 Å². The van der Waals surface area contributed by atoms with Crippen molar-refractivity contribution in [2.45, 2.75) is 0 Å². The molecule has 1 N–H and O–H groups in total. The van der Waals surface area contributed by atoms with Crippen LogP contribution < -0.4 is 0 Å². The molecule has 0 aliphatic heterocycles. The molecule has 0 saturated carbocycles. The van der Waals surface area contributed by atoms with Gasteiger partial charge in [-0.1, -0.05) is 6.07 Å². The van der Waals surface area contributed by atoms with Gasteiger partial charge >= 0.3 is 5.97 Å². The van der Waals surface area contributed by atoms with Gasteiger partial charge in [0.25, 0.3) is 0 Å². The van der Waals surface area contributed by atoms with Crippen LogP contribution >= 0.6 is 0 Å². The second-order valence-corrected chi connectivity index (χ2v) is 3.17. The maximum absolute atomic E-state index is 13.7. The molecule has 6 heteroatoms. The molecule has 0 radical (unpaired) electrons. The van der Waals surface area contributed by atoms with Gasteiger partial charge in [0.2, 0.25) is 5.82 Å². The van der Waals surface area contributed by atoms with Crippen LogP contribution in [0.15, 0.2) is 30.6 Å². The first-order chi connectivity index (χ1) is 8.15. The van der Waals surface area contributed by atoms with Gasteiger partial charge in [-0.3, -0.25) is 4.57 Å². The minimum absolute atomic E-state index is 0.0717. The average Bonchev–Trinajstić information content (AvgIpc) is 2.76. The van der Waals surface area contributed by atoms with Gasteiger partial charge in [0.15, 0.2) is 0 Å². The molecule has 0 fully saturated rings. The molecule has 2 aromatic rings. The van der Waals surface area contributed by atoms with Gasteiger partial charge in [0, 0.05) is 12.4 Å². The normalized spacial score (nSPS) is 9.88. The van der Waals surface area contributed by atoms with E-state index in [4.69, 9.17) is 10.4 Å². The lowest BCUT2D eigenvalue weighted by molar-refractivity contribution is 0.0696. The topological polar surface area (TPSA) is 78.9 Å². The summed E-state index contributed by atoms with van der Waals surface area (Å²) in [5.41, 5.74) is -0.409. The summed E-state index contributed by atoms with van der Waals surface area (Å²) in [6, 6.07) is 5.45. The zero-order chi connectivity index (χ0) is 12.4. The second-order valence-electron chi connectivity index (χ2n) is 3.17. The molecule has 1 aromatic carbocycles. The van der Waals surface area contributed by atoms with Crippen LogP contribution in [-0.2, 0) is 0 Å². The standard InChI is InChI=1S/C11H6FN3O2/c12-8-3-1-2-7(11(16)17)10(8)15-5-4-14-9(15)6-13/h1-5H,(H,16,17). The Kier molecular flexibility index (Phi) is 2.58. The fourth-order valence-electron chi connectivity index (χ4n) is 1.50. The number of benzene rings is 1. The summed E-state index contributed by atoms with van der Waals surface area (Å²) in [4.78, 5) is 14.7. The second kappa shape index (κ2) is 4.06. The van der Waals surface area contributed by atoms with Gasteiger partial charge < -0.3 is 5.11 Å². The molecule has 0 bridgehead atoms. The Morgan fingerprint density at radius 3 is 2.94 bits per heavy atom. The SMILES string of the molecule is N#Cc1nccn1-c1c(F)cccc1C(=O)O. The Bertz CT molecular complexity index is 628. The highest BCUT2D eigenvalue weighted by atomic mass is 19.1. The third-order valence-electron chi connectivity index (χ3n) is 2.20. The van der Waals surface area contributed by atoms with Gasteiger partial charge in [0.05, 0.1) is 11.3 Å². The lowest BCUT2D eigenvalue weighted by Gasteiger charge is -2.08. The van der Waals surface area contributed by atoms with Crippen molar-refractivity contribution in [1.82, 2.24) is 9.55 Å². The molecule has 1 aromatic heterocycles. The molecule has 84 valence electrons. The van der Waals surface area contributed by atoms with E-state index >= 15 is 0 Å². The molecule has 1 heterocycles. The van der Waals surface area contributed by atoms with Gasteiger partial charge in [-0.05, 0) is 12.1 Å². The number of rotatable bonds is 2. The number of carboxylic acid groups (broad SMARTS) is 1. The molecule has 0 saturated heterocycles. The average molecular weight is 231 g/mol. The maximum atomic E-state index is 13.7. The summed E-state index contributed by atoms with van der Waals surface area (Å²) < 4.78 is 14.8. The van der Waals surface area contributed by atoms with E-state index in [1.165, 1.54) is 24.5 Å². The number of para-hydroxylation sites is 1. The lowest BCUT2D eigenvalue weighted by Crippen LogP contribution is -2.08. The molecular formula is C11H6FN3O2. The van der Waals surface area contributed by atoms with Crippen LogP contribution in [0, 0.1) is 17.1 Å². The number of imidazole rings is 1. The predicted molar refractivity (Wildman–Crippen MR) is 55.2 cm³/mol. The first-order valence-corrected chi connectivity index (χ1v) is 4.60. The van der Waals surface area contributed by atoms with Crippen molar-refractivity contribution >= 4 is 5.97 Å². The molecule has 0 amide bonds. The minimum atomic E-state index is -1.27. The van der Waals surface area contributed by atoms with E-state index in [0.29, 0.717) is 0 Å². The largest absolute Gasteiger partial charge is 0.478 e.